The second-order valence-electron chi connectivity index (χ2n) is 8.88. The molecule has 1 aliphatic rings. The zero-order valence-corrected chi connectivity index (χ0v) is 20.4. The molecule has 0 saturated carbocycles. The van der Waals surface area contributed by atoms with E-state index in [0.717, 1.165) is 38.9 Å². The number of hydrogen-bond donors (Lipinski definition) is 2. The van der Waals surface area contributed by atoms with Crippen molar-refractivity contribution in [1.82, 2.24) is 4.90 Å². The van der Waals surface area contributed by atoms with Crippen molar-refractivity contribution in [3.8, 4) is 0 Å². The summed E-state index contributed by atoms with van der Waals surface area (Å²) in [6, 6.07) is 28.6. The maximum Gasteiger partial charge on any atom is 0.296 e. The first-order valence-corrected chi connectivity index (χ1v) is 13.2. The van der Waals surface area contributed by atoms with Crippen molar-refractivity contribution >= 4 is 15.9 Å². The predicted molar refractivity (Wildman–Crippen MR) is 137 cm³/mol. The van der Waals surface area contributed by atoms with Gasteiger partial charge in [0, 0.05) is 19.3 Å². The molecule has 0 aliphatic carbocycles. The second kappa shape index (κ2) is 10.7. The molecule has 1 fully saturated rings. The molecule has 0 amide bonds. The van der Waals surface area contributed by atoms with Crippen molar-refractivity contribution in [1.29, 1.82) is 0 Å². The summed E-state index contributed by atoms with van der Waals surface area (Å²) in [6.45, 7) is 2.99. The SMILES string of the molecule is COC(c1ccccc1)(c1ccccc1)C1CCN(CCc2ccc(NS(N)(=O)=O)cc2)CC1. The van der Waals surface area contributed by atoms with Gasteiger partial charge in [-0.25, -0.2) is 5.14 Å². The van der Waals surface area contributed by atoms with Gasteiger partial charge < -0.3 is 9.64 Å². The number of anilines is 1. The molecule has 1 saturated heterocycles. The van der Waals surface area contributed by atoms with E-state index in [0.29, 0.717) is 11.6 Å². The van der Waals surface area contributed by atoms with Gasteiger partial charge in [0.15, 0.2) is 0 Å². The summed E-state index contributed by atoms with van der Waals surface area (Å²) in [5.41, 5.74) is 3.60. The number of likely N-dealkylation sites (tertiary alicyclic amines) is 1. The summed E-state index contributed by atoms with van der Waals surface area (Å²) in [6.07, 6.45) is 3.01. The standard InChI is InChI=1S/C27H33N3O3S/c1-33-27(23-8-4-2-5-9-23,24-10-6-3-7-11-24)25-17-20-30(21-18-25)19-16-22-12-14-26(15-13-22)29-34(28,31)32/h2-15,25,29H,16-21H2,1H3,(H2,28,31,32). The molecule has 0 spiro atoms. The highest BCUT2D eigenvalue weighted by Crippen LogP contribution is 2.44. The van der Waals surface area contributed by atoms with Gasteiger partial charge in [-0.2, -0.15) is 8.42 Å². The fourth-order valence-electron chi connectivity index (χ4n) is 5.17. The quantitative estimate of drug-likeness (QED) is 0.483. The van der Waals surface area contributed by atoms with E-state index in [1.54, 1.807) is 12.1 Å². The van der Waals surface area contributed by atoms with Crippen LogP contribution in [0.3, 0.4) is 0 Å². The van der Waals surface area contributed by atoms with E-state index in [9.17, 15) is 8.42 Å². The van der Waals surface area contributed by atoms with Crippen LogP contribution in [0, 0.1) is 5.92 Å². The average molecular weight is 480 g/mol. The first-order chi connectivity index (χ1) is 16.4. The molecule has 34 heavy (non-hydrogen) atoms. The monoisotopic (exact) mass is 479 g/mol. The van der Waals surface area contributed by atoms with E-state index in [4.69, 9.17) is 9.88 Å². The fraction of sp³-hybridized carbons (Fsp3) is 0.333. The minimum absolute atomic E-state index is 0.377. The fourth-order valence-corrected chi connectivity index (χ4v) is 5.63. The third kappa shape index (κ3) is 5.67. The van der Waals surface area contributed by atoms with E-state index < -0.39 is 15.8 Å². The van der Waals surface area contributed by atoms with Gasteiger partial charge >= 0.3 is 0 Å². The smallest absolute Gasteiger partial charge is 0.296 e. The first kappa shape index (κ1) is 24.4. The summed E-state index contributed by atoms with van der Waals surface area (Å²) in [4.78, 5) is 2.50. The van der Waals surface area contributed by atoms with Gasteiger partial charge in [-0.05, 0) is 67.1 Å². The normalized spacial score (nSPS) is 15.8. The number of nitrogens with one attached hydrogen (secondary N) is 1. The van der Waals surface area contributed by atoms with Crippen LogP contribution in [0.15, 0.2) is 84.9 Å². The molecule has 0 atom stereocenters. The van der Waals surface area contributed by atoms with E-state index in [2.05, 4.69) is 70.3 Å². The van der Waals surface area contributed by atoms with Crippen molar-refractivity contribution in [2.75, 3.05) is 31.5 Å². The second-order valence-corrected chi connectivity index (χ2v) is 10.2. The largest absolute Gasteiger partial charge is 0.368 e. The molecule has 0 bridgehead atoms. The molecule has 3 aromatic rings. The van der Waals surface area contributed by atoms with Crippen LogP contribution in [0.4, 0.5) is 5.69 Å². The van der Waals surface area contributed by atoms with Gasteiger partial charge in [-0.15, -0.1) is 0 Å². The van der Waals surface area contributed by atoms with E-state index in [1.165, 1.54) is 16.7 Å². The zero-order chi connectivity index (χ0) is 24.0. The molecule has 1 aliphatic heterocycles. The van der Waals surface area contributed by atoms with Crippen LogP contribution < -0.4 is 9.86 Å². The average Bonchev–Trinajstić information content (AvgIpc) is 2.86. The highest BCUT2D eigenvalue weighted by atomic mass is 32.2. The number of rotatable bonds is 9. The molecule has 0 aromatic heterocycles. The van der Waals surface area contributed by atoms with Gasteiger partial charge in [0.1, 0.15) is 5.60 Å². The summed E-state index contributed by atoms with van der Waals surface area (Å²) >= 11 is 0. The van der Waals surface area contributed by atoms with Crippen LogP contribution in [0.5, 0.6) is 0 Å². The summed E-state index contributed by atoms with van der Waals surface area (Å²) in [7, 11) is -1.91. The molecule has 6 nitrogen and oxygen atoms in total. The third-order valence-corrected chi connectivity index (χ3v) is 7.34. The molecule has 4 rings (SSSR count). The van der Waals surface area contributed by atoms with Crippen molar-refractivity contribution < 1.29 is 13.2 Å². The van der Waals surface area contributed by atoms with Crippen LogP contribution in [0.2, 0.25) is 0 Å². The van der Waals surface area contributed by atoms with Crippen molar-refractivity contribution in [2.45, 2.75) is 24.9 Å². The van der Waals surface area contributed by atoms with Crippen LogP contribution in [-0.4, -0.2) is 40.1 Å². The Labute approximate surface area is 202 Å². The maximum atomic E-state index is 11.2. The van der Waals surface area contributed by atoms with Crippen molar-refractivity contribution in [3.05, 3.63) is 102 Å². The number of ether oxygens (including phenoxy) is 1. The minimum atomic E-state index is -3.75. The van der Waals surface area contributed by atoms with Gasteiger partial charge in [0.05, 0.1) is 0 Å². The third-order valence-electron chi connectivity index (χ3n) is 6.82. The molecule has 180 valence electrons. The van der Waals surface area contributed by atoms with E-state index >= 15 is 0 Å². The lowest BCUT2D eigenvalue weighted by atomic mass is 9.71. The predicted octanol–water partition coefficient (Wildman–Crippen LogP) is 4.15. The Hall–Kier alpha value is -2.71. The van der Waals surface area contributed by atoms with E-state index in [1.807, 2.05) is 19.2 Å². The zero-order valence-electron chi connectivity index (χ0n) is 19.6. The lowest BCUT2D eigenvalue weighted by Gasteiger charge is -2.44. The van der Waals surface area contributed by atoms with Crippen LogP contribution in [0.1, 0.15) is 29.5 Å². The lowest BCUT2D eigenvalue weighted by molar-refractivity contribution is -0.0506. The number of nitrogens with two attached hydrogens (primary N) is 1. The molecule has 1 heterocycles. The molecular formula is C27H33N3O3S. The van der Waals surface area contributed by atoms with Crippen LogP contribution in [-0.2, 0) is 27.0 Å². The van der Waals surface area contributed by atoms with Gasteiger partial charge in [-0.1, -0.05) is 72.8 Å². The molecule has 0 radical (unpaired) electrons. The molecule has 3 aromatic carbocycles. The summed E-state index contributed by atoms with van der Waals surface area (Å²) < 4.78 is 31.0. The Morgan fingerprint density at radius 2 is 1.44 bits per heavy atom. The van der Waals surface area contributed by atoms with E-state index in [-0.39, 0.29) is 0 Å². The Bertz CT molecular complexity index is 1110. The molecule has 3 N–H and O–H groups in total. The summed E-state index contributed by atoms with van der Waals surface area (Å²) in [5, 5.41) is 5.03. The topological polar surface area (TPSA) is 84.7 Å². The first-order valence-electron chi connectivity index (χ1n) is 11.7. The lowest BCUT2D eigenvalue weighted by Crippen LogP contribution is -2.45. The Morgan fingerprint density at radius 3 is 1.91 bits per heavy atom. The van der Waals surface area contributed by atoms with Crippen molar-refractivity contribution in [3.63, 3.8) is 0 Å². The number of benzene rings is 3. The van der Waals surface area contributed by atoms with Gasteiger partial charge in [-0.3, -0.25) is 4.72 Å². The van der Waals surface area contributed by atoms with Gasteiger partial charge in [0.2, 0.25) is 0 Å². The summed E-state index contributed by atoms with van der Waals surface area (Å²) in [5.74, 6) is 0.377. The number of hydrogen-bond acceptors (Lipinski definition) is 4. The Balaban J connectivity index is 1.41. The molecule has 7 heteroatoms. The Morgan fingerprint density at radius 1 is 0.912 bits per heavy atom. The highest BCUT2D eigenvalue weighted by Gasteiger charge is 2.43. The number of piperidine rings is 1. The number of methoxy groups -OCH3 is 1. The molecule has 0 unspecified atom stereocenters. The number of nitrogens with zero attached hydrogens (tertiary/aromatic N) is 1. The highest BCUT2D eigenvalue weighted by molar-refractivity contribution is 7.90. The minimum Gasteiger partial charge on any atom is -0.368 e. The van der Waals surface area contributed by atoms with Gasteiger partial charge in [0.25, 0.3) is 10.2 Å². The van der Waals surface area contributed by atoms with Crippen LogP contribution in [0.25, 0.3) is 0 Å². The molecular weight excluding hydrogens is 446 g/mol. The van der Waals surface area contributed by atoms with Crippen molar-refractivity contribution in [2.24, 2.45) is 11.1 Å². The maximum absolute atomic E-state index is 11.2. The Kier molecular flexibility index (Phi) is 7.68. The van der Waals surface area contributed by atoms with Crippen LogP contribution >= 0.6 is 0 Å².